The van der Waals surface area contributed by atoms with Gasteiger partial charge in [-0.15, -0.1) is 11.3 Å². The van der Waals surface area contributed by atoms with Gasteiger partial charge in [-0.25, -0.2) is 4.79 Å². The van der Waals surface area contributed by atoms with Crippen LogP contribution in [-0.2, 0) is 0 Å². The predicted octanol–water partition coefficient (Wildman–Crippen LogP) is 3.97. The van der Waals surface area contributed by atoms with Gasteiger partial charge in [0.2, 0.25) is 0 Å². The van der Waals surface area contributed by atoms with Crippen LogP contribution >= 0.6 is 22.9 Å². The zero-order chi connectivity index (χ0) is 14.9. The summed E-state index contributed by atoms with van der Waals surface area (Å²) in [7, 11) is 0. The summed E-state index contributed by atoms with van der Waals surface area (Å²) in [5.41, 5.74) is 1.11. The Labute approximate surface area is 125 Å². The number of carbonyl (C=O) groups excluding carboxylic acids is 1. The van der Waals surface area contributed by atoms with Crippen LogP contribution in [0.4, 0.5) is 5.69 Å². The Bertz CT molecular complexity index is 674. The van der Waals surface area contributed by atoms with E-state index in [0.717, 1.165) is 10.4 Å². The van der Waals surface area contributed by atoms with Crippen molar-refractivity contribution >= 4 is 40.5 Å². The summed E-state index contributed by atoms with van der Waals surface area (Å²) in [5.74, 6) is -1.50. The molecule has 0 atom stereocenters. The van der Waals surface area contributed by atoms with E-state index in [4.69, 9.17) is 16.7 Å². The van der Waals surface area contributed by atoms with Crippen LogP contribution in [0.15, 0.2) is 24.3 Å². The van der Waals surface area contributed by atoms with Gasteiger partial charge in [0.25, 0.3) is 5.91 Å². The number of carboxylic acid groups (broad SMARTS) is 1. The standard InChI is InChI=1S/C14H12ClNO3S/c1-7-6-11(20-8(7)2)13(17)16-12-9(14(18)19)4-3-5-10(12)15/h3-6H,1-2H3,(H,16,17)(H,18,19). The van der Waals surface area contributed by atoms with E-state index in [1.807, 2.05) is 13.8 Å². The minimum Gasteiger partial charge on any atom is -0.478 e. The molecule has 0 aliphatic rings. The summed E-state index contributed by atoms with van der Waals surface area (Å²) < 4.78 is 0. The maximum Gasteiger partial charge on any atom is 0.337 e. The first-order valence-corrected chi connectivity index (χ1v) is 6.99. The summed E-state index contributed by atoms with van der Waals surface area (Å²) in [6.07, 6.45) is 0. The molecule has 1 amide bonds. The third kappa shape index (κ3) is 2.84. The van der Waals surface area contributed by atoms with E-state index in [-0.39, 0.29) is 22.2 Å². The molecular weight excluding hydrogens is 298 g/mol. The van der Waals surface area contributed by atoms with Crippen molar-refractivity contribution in [3.05, 3.63) is 50.2 Å². The number of halogens is 1. The molecular formula is C14H12ClNO3S. The van der Waals surface area contributed by atoms with E-state index in [0.29, 0.717) is 4.88 Å². The second-order valence-corrected chi connectivity index (χ2v) is 5.94. The van der Waals surface area contributed by atoms with Gasteiger partial charge in [-0.1, -0.05) is 17.7 Å². The van der Waals surface area contributed by atoms with E-state index in [2.05, 4.69) is 5.32 Å². The molecule has 104 valence electrons. The maximum absolute atomic E-state index is 12.2. The monoisotopic (exact) mass is 309 g/mol. The third-order valence-electron chi connectivity index (χ3n) is 2.87. The Morgan fingerprint density at radius 2 is 2.00 bits per heavy atom. The van der Waals surface area contributed by atoms with E-state index in [1.54, 1.807) is 6.07 Å². The lowest BCUT2D eigenvalue weighted by Gasteiger charge is -2.09. The number of aryl methyl sites for hydroxylation is 2. The normalized spacial score (nSPS) is 10.3. The van der Waals surface area contributed by atoms with Crippen LogP contribution in [0.3, 0.4) is 0 Å². The molecule has 2 N–H and O–H groups in total. The Morgan fingerprint density at radius 3 is 2.55 bits per heavy atom. The van der Waals surface area contributed by atoms with Gasteiger partial charge < -0.3 is 10.4 Å². The van der Waals surface area contributed by atoms with Crippen LogP contribution in [0.5, 0.6) is 0 Å². The number of rotatable bonds is 3. The summed E-state index contributed by atoms with van der Waals surface area (Å²) in [4.78, 5) is 24.9. The number of carbonyl (C=O) groups is 2. The van der Waals surface area contributed by atoms with E-state index >= 15 is 0 Å². The second-order valence-electron chi connectivity index (χ2n) is 4.27. The quantitative estimate of drug-likeness (QED) is 0.901. The number of aromatic carboxylic acids is 1. The van der Waals surface area contributed by atoms with Crippen molar-refractivity contribution in [2.75, 3.05) is 5.32 Å². The Kier molecular flexibility index (Phi) is 4.11. The maximum atomic E-state index is 12.2. The molecule has 2 rings (SSSR count). The highest BCUT2D eigenvalue weighted by atomic mass is 35.5. The van der Waals surface area contributed by atoms with Gasteiger partial charge in [0.1, 0.15) is 0 Å². The van der Waals surface area contributed by atoms with Gasteiger partial charge in [-0.05, 0) is 37.6 Å². The van der Waals surface area contributed by atoms with Crippen molar-refractivity contribution in [3.63, 3.8) is 0 Å². The lowest BCUT2D eigenvalue weighted by Crippen LogP contribution is -2.14. The van der Waals surface area contributed by atoms with Crippen molar-refractivity contribution < 1.29 is 14.7 Å². The number of anilines is 1. The van der Waals surface area contributed by atoms with Crippen molar-refractivity contribution in [1.29, 1.82) is 0 Å². The molecule has 0 aliphatic carbocycles. The van der Waals surface area contributed by atoms with E-state index < -0.39 is 5.97 Å². The van der Waals surface area contributed by atoms with Crippen LogP contribution < -0.4 is 5.32 Å². The van der Waals surface area contributed by atoms with Crippen LogP contribution in [0.25, 0.3) is 0 Å². The molecule has 0 radical (unpaired) electrons. The smallest absolute Gasteiger partial charge is 0.337 e. The van der Waals surface area contributed by atoms with Crippen LogP contribution in [0.2, 0.25) is 5.02 Å². The number of thiophene rings is 1. The van der Waals surface area contributed by atoms with Crippen molar-refractivity contribution in [3.8, 4) is 0 Å². The molecule has 1 heterocycles. The van der Waals surface area contributed by atoms with Crippen LogP contribution in [0, 0.1) is 13.8 Å². The molecule has 0 aliphatic heterocycles. The molecule has 1 aromatic carbocycles. The largest absolute Gasteiger partial charge is 0.478 e. The minimum absolute atomic E-state index is 0.0316. The Morgan fingerprint density at radius 1 is 1.30 bits per heavy atom. The number of nitrogens with one attached hydrogen (secondary N) is 1. The first-order chi connectivity index (χ1) is 9.40. The van der Waals surface area contributed by atoms with E-state index in [1.165, 1.54) is 29.5 Å². The van der Waals surface area contributed by atoms with Gasteiger partial charge in [-0.2, -0.15) is 0 Å². The van der Waals surface area contributed by atoms with Crippen LogP contribution in [0.1, 0.15) is 30.5 Å². The molecule has 6 heteroatoms. The molecule has 0 bridgehead atoms. The number of para-hydroxylation sites is 1. The molecule has 0 saturated heterocycles. The van der Waals surface area contributed by atoms with Gasteiger partial charge in [-0.3, -0.25) is 4.79 Å². The van der Waals surface area contributed by atoms with Gasteiger partial charge in [0.15, 0.2) is 0 Å². The summed E-state index contributed by atoms with van der Waals surface area (Å²) >= 11 is 7.33. The van der Waals surface area contributed by atoms with Crippen molar-refractivity contribution in [2.24, 2.45) is 0 Å². The minimum atomic E-state index is -1.14. The highest BCUT2D eigenvalue weighted by molar-refractivity contribution is 7.14. The molecule has 0 spiro atoms. The molecule has 0 fully saturated rings. The van der Waals surface area contributed by atoms with Crippen molar-refractivity contribution in [2.45, 2.75) is 13.8 Å². The number of benzene rings is 1. The van der Waals surface area contributed by atoms with Gasteiger partial charge in [0, 0.05) is 4.88 Å². The molecule has 1 aromatic heterocycles. The van der Waals surface area contributed by atoms with Crippen molar-refractivity contribution in [1.82, 2.24) is 0 Å². The molecule has 0 unspecified atom stereocenters. The molecule has 20 heavy (non-hydrogen) atoms. The zero-order valence-corrected chi connectivity index (χ0v) is 12.4. The molecule has 0 saturated carbocycles. The second kappa shape index (κ2) is 5.64. The summed E-state index contributed by atoms with van der Waals surface area (Å²) in [6.45, 7) is 3.84. The fourth-order valence-electron chi connectivity index (χ4n) is 1.69. The topological polar surface area (TPSA) is 66.4 Å². The molecule has 2 aromatic rings. The summed E-state index contributed by atoms with van der Waals surface area (Å²) in [5, 5.41) is 11.9. The average molecular weight is 310 g/mol. The lowest BCUT2D eigenvalue weighted by atomic mass is 10.1. The fourth-order valence-corrected chi connectivity index (χ4v) is 2.84. The van der Waals surface area contributed by atoms with Crippen LogP contribution in [-0.4, -0.2) is 17.0 Å². The van der Waals surface area contributed by atoms with Gasteiger partial charge >= 0.3 is 5.97 Å². The zero-order valence-electron chi connectivity index (χ0n) is 10.9. The first-order valence-electron chi connectivity index (χ1n) is 5.80. The first kappa shape index (κ1) is 14.6. The number of carboxylic acids is 1. The number of amides is 1. The third-order valence-corrected chi connectivity index (χ3v) is 4.34. The Hall–Kier alpha value is -1.85. The highest BCUT2D eigenvalue weighted by Gasteiger charge is 2.17. The van der Waals surface area contributed by atoms with Gasteiger partial charge in [0.05, 0.1) is 21.2 Å². The van der Waals surface area contributed by atoms with E-state index in [9.17, 15) is 9.59 Å². The number of hydrogen-bond acceptors (Lipinski definition) is 3. The average Bonchev–Trinajstić information content (AvgIpc) is 2.72. The number of hydrogen-bond donors (Lipinski definition) is 2. The lowest BCUT2D eigenvalue weighted by molar-refractivity contribution is 0.0698. The Balaban J connectivity index is 2.35. The fraction of sp³-hybridized carbons (Fsp3) is 0.143. The highest BCUT2D eigenvalue weighted by Crippen LogP contribution is 2.28. The summed E-state index contributed by atoms with van der Waals surface area (Å²) in [6, 6.07) is 6.23. The molecule has 4 nitrogen and oxygen atoms in total. The SMILES string of the molecule is Cc1cc(C(=O)Nc2c(Cl)cccc2C(=O)O)sc1C. The predicted molar refractivity (Wildman–Crippen MR) is 80.2 cm³/mol.